The molecular weight excluding hydrogens is 938 g/mol. The molecule has 1 spiro atoms. The number of hydrogen-bond acceptors (Lipinski definition) is 13. The van der Waals surface area contributed by atoms with Crippen LogP contribution in [-0.2, 0) is 22.3 Å². The summed E-state index contributed by atoms with van der Waals surface area (Å²) in [6, 6.07) is 7.64. The highest BCUT2D eigenvalue weighted by Crippen LogP contribution is 2.54. The van der Waals surface area contributed by atoms with E-state index >= 15 is 8.78 Å². The van der Waals surface area contributed by atoms with Crippen molar-refractivity contribution in [2.75, 3.05) is 87.6 Å². The van der Waals surface area contributed by atoms with E-state index in [2.05, 4.69) is 41.4 Å². The number of piperazine rings is 2. The first kappa shape index (κ1) is 47.3. The second kappa shape index (κ2) is 17.7. The van der Waals surface area contributed by atoms with Crippen molar-refractivity contribution in [3.05, 3.63) is 64.2 Å². The van der Waals surface area contributed by atoms with E-state index < -0.39 is 46.6 Å². The van der Waals surface area contributed by atoms with Crippen LogP contribution in [0, 0.1) is 35.3 Å². The molecule has 20 heteroatoms. The molecule has 2 unspecified atom stereocenters. The number of nitrogens with zero attached hydrogens (tertiary/aromatic N) is 8. The molecule has 2 aliphatic carbocycles. The highest BCUT2D eigenvalue weighted by atomic mass is 19.4. The zero-order valence-electron chi connectivity index (χ0n) is 40.4. The first-order valence-electron chi connectivity index (χ1n) is 25.6. The Bertz CT molecular complexity index is 2840. The van der Waals surface area contributed by atoms with Crippen molar-refractivity contribution in [2.45, 2.75) is 102 Å². The van der Waals surface area contributed by atoms with Crippen molar-refractivity contribution in [3.8, 4) is 17.3 Å². The number of imide groups is 1. The lowest BCUT2D eigenvalue weighted by atomic mass is 9.57. The zero-order valence-corrected chi connectivity index (χ0v) is 40.4. The number of carbonyl (C=O) groups excluding carboxylic acids is 3. The predicted octanol–water partition coefficient (Wildman–Crippen LogP) is 6.05. The van der Waals surface area contributed by atoms with Crippen LogP contribution < -0.4 is 30.9 Å². The molecule has 6 aliphatic heterocycles. The molecule has 3 atom stereocenters. The number of aromatic nitrogens is 3. The number of anilines is 3. The predicted molar refractivity (Wildman–Crippen MR) is 258 cm³/mol. The number of rotatable bonds is 11. The Morgan fingerprint density at radius 2 is 1.60 bits per heavy atom. The van der Waals surface area contributed by atoms with Crippen LogP contribution in [-0.4, -0.2) is 138 Å². The first-order valence-corrected chi connectivity index (χ1v) is 25.6. The van der Waals surface area contributed by atoms with Crippen LogP contribution in [0.25, 0.3) is 22.2 Å². The van der Waals surface area contributed by atoms with Gasteiger partial charge in [-0.1, -0.05) is 0 Å². The van der Waals surface area contributed by atoms with Crippen LogP contribution in [0.2, 0.25) is 0 Å². The molecule has 7 fully saturated rings. The lowest BCUT2D eigenvalue weighted by molar-refractivity contribution is -0.138. The van der Waals surface area contributed by atoms with Gasteiger partial charge in [0.15, 0.2) is 5.82 Å². The van der Waals surface area contributed by atoms with Gasteiger partial charge in [0, 0.05) is 99.5 Å². The number of fused-ring (bicyclic) bond motifs is 4. The monoisotopic (exact) mass is 997 g/mol. The van der Waals surface area contributed by atoms with Crippen molar-refractivity contribution < 1.29 is 41.1 Å². The van der Waals surface area contributed by atoms with E-state index in [4.69, 9.17) is 15.5 Å². The molecule has 8 heterocycles. The Kier molecular flexibility index (Phi) is 11.7. The maximum atomic E-state index is 16.9. The maximum absolute atomic E-state index is 16.9. The van der Waals surface area contributed by atoms with E-state index in [0.717, 1.165) is 114 Å². The number of hydrogen-bond donors (Lipinski definition) is 3. The van der Waals surface area contributed by atoms with E-state index in [9.17, 15) is 27.6 Å². The SMILES string of the molecule is Cc1cc(N)nc(-c2c(F)cc3c(N4CC5CCC(C4)N5)nc(OCC4(CN5CCC6(CC5)CC(CN5CCN(c7ccc8c(c7)CN([C@H]7CCC(=O)NC7=O)C8=O)CC5)C6)CC4)nc3c2F)c1C(F)(F)F. The summed E-state index contributed by atoms with van der Waals surface area (Å²) in [5.41, 5.74) is 4.97. The van der Waals surface area contributed by atoms with Gasteiger partial charge in [-0.2, -0.15) is 23.1 Å². The number of nitrogens with one attached hydrogen (secondary N) is 2. The van der Waals surface area contributed by atoms with E-state index in [1.54, 1.807) is 4.90 Å². The summed E-state index contributed by atoms with van der Waals surface area (Å²) < 4.78 is 82.6. The Labute approximate surface area is 414 Å². The molecule has 2 saturated carbocycles. The number of benzene rings is 2. The number of amides is 3. The molecule has 72 heavy (non-hydrogen) atoms. The van der Waals surface area contributed by atoms with Crippen molar-refractivity contribution in [3.63, 3.8) is 0 Å². The highest BCUT2D eigenvalue weighted by molar-refractivity contribution is 6.05. The van der Waals surface area contributed by atoms with Crippen LogP contribution in [0.4, 0.5) is 39.3 Å². The van der Waals surface area contributed by atoms with Crippen molar-refractivity contribution >= 4 is 45.9 Å². The molecule has 8 aliphatic rings. The lowest BCUT2D eigenvalue weighted by Gasteiger charge is -2.54. The first-order chi connectivity index (χ1) is 34.5. The number of piperidine rings is 2. The van der Waals surface area contributed by atoms with Gasteiger partial charge in [0.1, 0.15) is 29.0 Å². The Morgan fingerprint density at radius 1 is 0.861 bits per heavy atom. The van der Waals surface area contributed by atoms with Gasteiger partial charge in [-0.3, -0.25) is 24.6 Å². The molecule has 2 aromatic carbocycles. The third-order valence-corrected chi connectivity index (χ3v) is 17.3. The van der Waals surface area contributed by atoms with E-state index in [1.165, 1.54) is 19.8 Å². The number of pyridine rings is 1. The number of halogens is 5. The molecule has 4 aromatic rings. The van der Waals surface area contributed by atoms with Gasteiger partial charge in [-0.05, 0) is 131 Å². The quantitative estimate of drug-likeness (QED) is 0.118. The fourth-order valence-electron chi connectivity index (χ4n) is 13.3. The van der Waals surface area contributed by atoms with E-state index in [1.807, 2.05) is 17.0 Å². The molecule has 3 amide bonds. The molecule has 5 saturated heterocycles. The third kappa shape index (κ3) is 8.77. The van der Waals surface area contributed by atoms with Crippen LogP contribution in [0.3, 0.4) is 0 Å². The topological polar surface area (TPSA) is 165 Å². The Hall–Kier alpha value is -5.73. The van der Waals surface area contributed by atoms with Crippen molar-refractivity contribution in [1.29, 1.82) is 0 Å². The largest absolute Gasteiger partial charge is 0.463 e. The summed E-state index contributed by atoms with van der Waals surface area (Å²) in [5.74, 6) is -2.68. The molecule has 15 nitrogen and oxygen atoms in total. The number of nitrogen functional groups attached to an aromatic ring is 1. The van der Waals surface area contributed by atoms with Crippen LogP contribution in [0.5, 0.6) is 6.01 Å². The van der Waals surface area contributed by atoms with Gasteiger partial charge < -0.3 is 35.4 Å². The number of alkyl halides is 3. The standard InChI is InChI=1S/C52H60F5N11O4/c1-29-18-39(58)60-45(42(29)52(55,56)57)41-37(53)20-36-44(43(41)54)62-49(63-46(36)67-25-32-2-3-33(26-67)59-32)72-28-51(8-9-51)27-65-12-10-50(11-13-65)21-30(22-50)23-64-14-16-66(17-15-64)34-4-5-35-31(19-34)24-68(48(35)71)38-6-7-40(69)61-47(38)70/h4-5,18-20,30,32-33,38,59H,2-3,6-17,21-28H2,1H3,(H2,58,60)(H,61,69,70)/t32?,33?,38-/m0/s1. The van der Waals surface area contributed by atoms with Gasteiger partial charge in [0.05, 0.1) is 23.4 Å². The van der Waals surface area contributed by atoms with Crippen LogP contribution >= 0.6 is 0 Å². The normalized spacial score (nSPS) is 25.3. The molecule has 382 valence electrons. The highest BCUT2D eigenvalue weighted by Gasteiger charge is 2.50. The molecule has 2 aromatic heterocycles. The number of carbonyl (C=O) groups is 3. The summed E-state index contributed by atoms with van der Waals surface area (Å²) in [6.45, 7) is 10.6. The molecule has 2 bridgehead atoms. The second-order valence-electron chi connectivity index (χ2n) is 22.3. The summed E-state index contributed by atoms with van der Waals surface area (Å²) in [7, 11) is 0. The smallest absolute Gasteiger partial charge is 0.418 e. The third-order valence-electron chi connectivity index (χ3n) is 17.3. The number of likely N-dealkylation sites (tertiary alicyclic amines) is 1. The number of ether oxygens (including phenoxy) is 1. The van der Waals surface area contributed by atoms with Crippen molar-refractivity contribution in [2.24, 2.45) is 16.7 Å². The average Bonchev–Trinajstić information content (AvgIpc) is 3.90. The second-order valence-corrected chi connectivity index (χ2v) is 22.3. The molecule has 0 radical (unpaired) electrons. The summed E-state index contributed by atoms with van der Waals surface area (Å²) in [4.78, 5) is 61.5. The van der Waals surface area contributed by atoms with Crippen LogP contribution in [0.1, 0.15) is 91.3 Å². The van der Waals surface area contributed by atoms with Gasteiger partial charge in [0.25, 0.3) is 5.91 Å². The minimum absolute atomic E-state index is 0.0517. The fraction of sp³-hybridized carbons (Fsp3) is 0.577. The molecule has 12 rings (SSSR count). The van der Waals surface area contributed by atoms with Gasteiger partial charge in [-0.15, -0.1) is 0 Å². The number of nitrogens with two attached hydrogens (primary N) is 1. The number of aryl methyl sites for hydroxylation is 1. The minimum atomic E-state index is -4.96. The molecular formula is C52H60F5N11O4. The zero-order chi connectivity index (χ0) is 49.8. The Morgan fingerprint density at radius 3 is 2.29 bits per heavy atom. The Balaban J connectivity index is 0.657. The fourth-order valence-corrected chi connectivity index (χ4v) is 13.3. The van der Waals surface area contributed by atoms with Crippen molar-refractivity contribution in [1.82, 2.24) is 40.3 Å². The van der Waals surface area contributed by atoms with Gasteiger partial charge in [0.2, 0.25) is 11.8 Å². The van der Waals surface area contributed by atoms with E-state index in [0.29, 0.717) is 49.6 Å². The van der Waals surface area contributed by atoms with Gasteiger partial charge in [-0.25, -0.2) is 13.8 Å². The molecule has 4 N–H and O–H groups in total. The summed E-state index contributed by atoms with van der Waals surface area (Å²) in [5, 5.41) is 5.99. The van der Waals surface area contributed by atoms with Gasteiger partial charge >= 0.3 is 12.2 Å². The summed E-state index contributed by atoms with van der Waals surface area (Å²) >= 11 is 0. The average molecular weight is 998 g/mol. The van der Waals surface area contributed by atoms with E-state index in [-0.39, 0.29) is 69.8 Å². The lowest BCUT2D eigenvalue weighted by Crippen LogP contribution is -2.53. The maximum Gasteiger partial charge on any atom is 0.418 e. The summed E-state index contributed by atoms with van der Waals surface area (Å²) in [6.07, 6.45) is 4.18. The minimum Gasteiger partial charge on any atom is -0.463 e. The van der Waals surface area contributed by atoms with Crippen LogP contribution in [0.15, 0.2) is 30.3 Å².